The lowest BCUT2D eigenvalue weighted by Gasteiger charge is -2.32. The minimum absolute atomic E-state index is 0.0329. The molecule has 1 aliphatic heterocycles. The van der Waals surface area contributed by atoms with Gasteiger partial charge in [0.15, 0.2) is 11.2 Å². The summed E-state index contributed by atoms with van der Waals surface area (Å²) >= 11 is 1.02. The van der Waals surface area contributed by atoms with Crippen LogP contribution in [0, 0.1) is 5.41 Å². The second-order valence-electron chi connectivity index (χ2n) is 7.37. The van der Waals surface area contributed by atoms with Crippen LogP contribution in [0.15, 0.2) is 0 Å². The summed E-state index contributed by atoms with van der Waals surface area (Å²) in [5.74, 6) is -1.86. The van der Waals surface area contributed by atoms with Crippen molar-refractivity contribution in [3.8, 4) is 0 Å². The molecule has 0 aliphatic carbocycles. The summed E-state index contributed by atoms with van der Waals surface area (Å²) < 4.78 is 10.4. The van der Waals surface area contributed by atoms with E-state index in [-0.39, 0.29) is 43.4 Å². The molecule has 4 N–H and O–H groups in total. The Bertz CT molecular complexity index is 637. The van der Waals surface area contributed by atoms with E-state index in [0.29, 0.717) is 12.3 Å². The van der Waals surface area contributed by atoms with E-state index in [1.165, 1.54) is 6.92 Å². The second kappa shape index (κ2) is 11.8. The highest BCUT2D eigenvalue weighted by atomic mass is 32.2. The van der Waals surface area contributed by atoms with E-state index in [4.69, 9.17) is 15.2 Å². The molecular weight excluding hydrogens is 402 g/mol. The number of cyclic esters (lactones) is 1. The van der Waals surface area contributed by atoms with Crippen LogP contribution in [0.25, 0.3) is 0 Å². The van der Waals surface area contributed by atoms with Gasteiger partial charge in [-0.3, -0.25) is 24.0 Å². The lowest BCUT2D eigenvalue weighted by molar-refractivity contribution is -0.169. The van der Waals surface area contributed by atoms with Crippen LogP contribution in [0.4, 0.5) is 0 Å². The van der Waals surface area contributed by atoms with E-state index < -0.39 is 35.4 Å². The summed E-state index contributed by atoms with van der Waals surface area (Å²) in [7, 11) is 0. The van der Waals surface area contributed by atoms with Crippen molar-refractivity contribution in [3.05, 3.63) is 0 Å². The van der Waals surface area contributed by atoms with Crippen LogP contribution >= 0.6 is 11.8 Å². The molecule has 0 radical (unpaired) electrons. The number of rotatable bonds is 4. The van der Waals surface area contributed by atoms with Gasteiger partial charge in [0, 0.05) is 37.1 Å². The van der Waals surface area contributed by atoms with Gasteiger partial charge in [0.05, 0.1) is 6.42 Å². The van der Waals surface area contributed by atoms with Crippen molar-refractivity contribution in [3.63, 3.8) is 0 Å². The molecule has 1 saturated heterocycles. The normalized spacial score (nSPS) is 21.7. The standard InChI is InChI=1S/C18H29N3O7S/c1-11(19)17(26)27-10-18(2,3)15-16(25)21-7-6-12(22)20-8-9-29-14(24)5-4-13(23)28-15/h11,15H,4-10,19H2,1-3H3,(H,20,22)(H,21,25)/t11-,15-/m0/s1. The number of nitrogens with two attached hydrogens (primary N) is 1. The topological polar surface area (TPSA) is 154 Å². The number of nitrogens with one attached hydrogen (secondary N) is 2. The van der Waals surface area contributed by atoms with Crippen LogP contribution in [0.3, 0.4) is 0 Å². The molecule has 164 valence electrons. The van der Waals surface area contributed by atoms with Gasteiger partial charge in [-0.15, -0.1) is 0 Å². The molecule has 0 unspecified atom stereocenters. The number of hydrogen-bond acceptors (Lipinski definition) is 9. The number of hydrogen-bond donors (Lipinski definition) is 3. The summed E-state index contributed by atoms with van der Waals surface area (Å²) in [5.41, 5.74) is 4.39. The fourth-order valence-electron chi connectivity index (χ4n) is 2.33. The highest BCUT2D eigenvalue weighted by molar-refractivity contribution is 8.13. The zero-order valence-electron chi connectivity index (χ0n) is 16.9. The number of ether oxygens (including phenoxy) is 2. The Labute approximate surface area is 174 Å². The summed E-state index contributed by atoms with van der Waals surface area (Å²) in [6.07, 6.45) is -1.49. The highest BCUT2D eigenvalue weighted by Crippen LogP contribution is 2.25. The molecule has 0 aromatic carbocycles. The molecule has 1 aliphatic rings. The van der Waals surface area contributed by atoms with Crippen molar-refractivity contribution in [1.82, 2.24) is 10.6 Å². The maximum absolute atomic E-state index is 12.6. The van der Waals surface area contributed by atoms with E-state index in [9.17, 15) is 24.0 Å². The van der Waals surface area contributed by atoms with Crippen molar-refractivity contribution in [2.24, 2.45) is 11.1 Å². The summed E-state index contributed by atoms with van der Waals surface area (Å²) in [6.45, 7) is 4.80. The average Bonchev–Trinajstić information content (AvgIpc) is 2.65. The molecule has 2 atom stereocenters. The van der Waals surface area contributed by atoms with Gasteiger partial charge < -0.3 is 25.8 Å². The molecular formula is C18H29N3O7S. The molecule has 1 heterocycles. The van der Waals surface area contributed by atoms with Crippen LogP contribution in [-0.4, -0.2) is 66.5 Å². The molecule has 0 spiro atoms. The van der Waals surface area contributed by atoms with Crippen LogP contribution in [0.1, 0.15) is 40.0 Å². The van der Waals surface area contributed by atoms with Crippen LogP contribution < -0.4 is 16.4 Å². The molecule has 0 saturated carbocycles. The molecule has 10 nitrogen and oxygen atoms in total. The van der Waals surface area contributed by atoms with Crippen LogP contribution in [-0.2, 0) is 33.4 Å². The Morgan fingerprint density at radius 3 is 2.55 bits per heavy atom. The van der Waals surface area contributed by atoms with Crippen molar-refractivity contribution in [1.29, 1.82) is 0 Å². The van der Waals surface area contributed by atoms with Gasteiger partial charge in [0.2, 0.25) is 5.91 Å². The van der Waals surface area contributed by atoms with Crippen molar-refractivity contribution in [2.45, 2.75) is 52.2 Å². The average molecular weight is 432 g/mol. The Morgan fingerprint density at radius 1 is 1.21 bits per heavy atom. The summed E-state index contributed by atoms with van der Waals surface area (Å²) in [6, 6.07) is -0.836. The van der Waals surface area contributed by atoms with Crippen molar-refractivity contribution >= 4 is 40.6 Å². The van der Waals surface area contributed by atoms with Crippen LogP contribution in [0.5, 0.6) is 0 Å². The molecule has 0 aromatic rings. The number of thioether (sulfide) groups is 1. The Balaban J connectivity index is 2.91. The SMILES string of the molecule is C[C@H](N)C(=O)OCC(C)(C)[C@H]1OC(=O)CCC(=O)SCCNC(=O)CCNC1=O. The van der Waals surface area contributed by atoms with Gasteiger partial charge in [-0.1, -0.05) is 25.6 Å². The number of amides is 2. The molecule has 0 aromatic heterocycles. The maximum Gasteiger partial charge on any atom is 0.322 e. The van der Waals surface area contributed by atoms with Gasteiger partial charge in [0.1, 0.15) is 12.6 Å². The van der Waals surface area contributed by atoms with Gasteiger partial charge >= 0.3 is 11.9 Å². The second-order valence-corrected chi connectivity index (χ2v) is 8.52. The van der Waals surface area contributed by atoms with E-state index >= 15 is 0 Å². The molecule has 11 heteroatoms. The van der Waals surface area contributed by atoms with Crippen molar-refractivity contribution in [2.75, 3.05) is 25.4 Å². The lowest BCUT2D eigenvalue weighted by atomic mass is 9.86. The Morgan fingerprint density at radius 2 is 1.90 bits per heavy atom. The zero-order valence-corrected chi connectivity index (χ0v) is 17.8. The first-order valence-electron chi connectivity index (χ1n) is 9.34. The highest BCUT2D eigenvalue weighted by Gasteiger charge is 2.40. The smallest absolute Gasteiger partial charge is 0.322 e. The van der Waals surface area contributed by atoms with Gasteiger partial charge in [-0.2, -0.15) is 0 Å². The van der Waals surface area contributed by atoms with E-state index in [2.05, 4.69) is 10.6 Å². The molecule has 1 rings (SSSR count). The monoisotopic (exact) mass is 431 g/mol. The number of carbonyl (C=O) groups excluding carboxylic acids is 5. The Hall–Kier alpha value is -2.14. The van der Waals surface area contributed by atoms with Crippen LogP contribution in [0.2, 0.25) is 0 Å². The lowest BCUT2D eigenvalue weighted by Crippen LogP contribution is -2.49. The maximum atomic E-state index is 12.6. The largest absolute Gasteiger partial charge is 0.464 e. The molecule has 1 fully saturated rings. The summed E-state index contributed by atoms with van der Waals surface area (Å²) in [5, 5.41) is 5.00. The number of carbonyl (C=O) groups is 5. The van der Waals surface area contributed by atoms with Crippen molar-refractivity contribution < 1.29 is 33.4 Å². The Kier molecular flexibility index (Phi) is 10.1. The quantitative estimate of drug-likeness (QED) is 0.499. The van der Waals surface area contributed by atoms with E-state index in [1.807, 2.05) is 0 Å². The minimum atomic E-state index is -1.29. The van der Waals surface area contributed by atoms with Gasteiger partial charge in [-0.05, 0) is 6.92 Å². The first-order chi connectivity index (χ1) is 13.5. The minimum Gasteiger partial charge on any atom is -0.464 e. The predicted molar refractivity (Wildman–Crippen MR) is 106 cm³/mol. The third-order valence-corrected chi connectivity index (χ3v) is 4.96. The molecule has 2 amide bonds. The molecule has 0 bridgehead atoms. The van der Waals surface area contributed by atoms with E-state index in [1.54, 1.807) is 13.8 Å². The van der Waals surface area contributed by atoms with Gasteiger partial charge in [0.25, 0.3) is 5.91 Å². The fourth-order valence-corrected chi connectivity index (χ4v) is 3.01. The third-order valence-electron chi connectivity index (χ3n) is 4.03. The predicted octanol–water partition coefficient (Wildman–Crippen LogP) is -0.509. The van der Waals surface area contributed by atoms with E-state index in [0.717, 1.165) is 11.8 Å². The van der Waals surface area contributed by atoms with Gasteiger partial charge in [-0.25, -0.2) is 0 Å². The summed E-state index contributed by atoms with van der Waals surface area (Å²) in [4.78, 5) is 60.1. The fraction of sp³-hybridized carbons (Fsp3) is 0.722. The number of esters is 2. The first-order valence-corrected chi connectivity index (χ1v) is 10.3. The zero-order chi connectivity index (χ0) is 22.0. The third kappa shape index (κ3) is 9.27. The molecule has 29 heavy (non-hydrogen) atoms. The first kappa shape index (κ1) is 24.9.